The molecule has 0 aliphatic rings. The predicted octanol–water partition coefficient (Wildman–Crippen LogP) is 3.48. The molecule has 0 aromatic heterocycles. The molecule has 0 saturated carbocycles. The molecule has 1 aromatic carbocycles. The second kappa shape index (κ2) is 9.11. The van der Waals surface area contributed by atoms with Gasteiger partial charge in [0.1, 0.15) is 0 Å². The van der Waals surface area contributed by atoms with Crippen molar-refractivity contribution in [2.24, 2.45) is 10.4 Å². The number of rotatable bonds is 9. The first-order chi connectivity index (χ1) is 11.6. The average Bonchev–Trinajstić information content (AvgIpc) is 2.56. The lowest BCUT2D eigenvalue weighted by Gasteiger charge is -2.28. The molecule has 0 bridgehead atoms. The normalized spacial score (nSPS) is 12.8. The lowest BCUT2D eigenvalue weighted by Crippen LogP contribution is -2.31. The molecular formula is C20H33N3O2. The summed E-state index contributed by atoms with van der Waals surface area (Å²) in [5.41, 5.74) is 2.71. The quantitative estimate of drug-likeness (QED) is 0.672. The summed E-state index contributed by atoms with van der Waals surface area (Å²) in [6.45, 7) is 13.2. The van der Waals surface area contributed by atoms with E-state index in [4.69, 9.17) is 0 Å². The number of aliphatic imine (C=N–C) groups is 1. The minimum Gasteiger partial charge on any atom is -0.389 e. The number of aryl methyl sites for hydroxylation is 1. The van der Waals surface area contributed by atoms with Crippen molar-refractivity contribution in [2.75, 3.05) is 27.2 Å². The number of carbonyl (C=O) groups excluding carboxylic acids is 1. The smallest absolute Gasteiger partial charge is 0.255 e. The van der Waals surface area contributed by atoms with Crippen LogP contribution in [0.2, 0.25) is 0 Å². The van der Waals surface area contributed by atoms with E-state index in [9.17, 15) is 9.90 Å². The summed E-state index contributed by atoms with van der Waals surface area (Å²) in [7, 11) is 3.76. The summed E-state index contributed by atoms with van der Waals surface area (Å²) in [5, 5.41) is 13.2. The van der Waals surface area contributed by atoms with E-state index >= 15 is 0 Å². The molecule has 0 aliphatic heterocycles. The molecular weight excluding hydrogens is 314 g/mol. The summed E-state index contributed by atoms with van der Waals surface area (Å²) in [5.74, 6) is -0.0857. The molecule has 140 valence electrons. The second-order valence-electron chi connectivity index (χ2n) is 7.58. The number of amides is 1. The topological polar surface area (TPSA) is 64.9 Å². The number of nitrogens with one attached hydrogen (secondary N) is 1. The molecule has 1 amide bonds. The van der Waals surface area contributed by atoms with Crippen molar-refractivity contribution >= 4 is 18.3 Å². The van der Waals surface area contributed by atoms with E-state index in [1.807, 2.05) is 33.2 Å². The second-order valence-corrected chi connectivity index (χ2v) is 7.58. The Balaban J connectivity index is 2.97. The van der Waals surface area contributed by atoms with Gasteiger partial charge in [-0.1, -0.05) is 19.9 Å². The van der Waals surface area contributed by atoms with Gasteiger partial charge in [0.25, 0.3) is 5.91 Å². The van der Waals surface area contributed by atoms with E-state index in [1.165, 1.54) is 0 Å². The van der Waals surface area contributed by atoms with Crippen LogP contribution in [-0.2, 0) is 0 Å². The first-order valence-corrected chi connectivity index (χ1v) is 8.82. The molecule has 0 heterocycles. The Bertz CT molecular complexity index is 609. The zero-order valence-corrected chi connectivity index (χ0v) is 16.5. The molecule has 0 saturated heterocycles. The Morgan fingerprint density at radius 2 is 2.04 bits per heavy atom. The van der Waals surface area contributed by atoms with Crippen LogP contribution in [-0.4, -0.2) is 49.8 Å². The van der Waals surface area contributed by atoms with Gasteiger partial charge >= 0.3 is 0 Å². The van der Waals surface area contributed by atoms with Crippen molar-refractivity contribution in [3.05, 3.63) is 28.8 Å². The zero-order valence-electron chi connectivity index (χ0n) is 16.5. The van der Waals surface area contributed by atoms with E-state index in [-0.39, 0.29) is 11.3 Å². The molecule has 1 atom stereocenters. The maximum atomic E-state index is 12.9. The van der Waals surface area contributed by atoms with E-state index in [2.05, 4.69) is 30.9 Å². The van der Waals surface area contributed by atoms with Gasteiger partial charge in [0, 0.05) is 19.2 Å². The highest BCUT2D eigenvalue weighted by atomic mass is 16.3. The van der Waals surface area contributed by atoms with Gasteiger partial charge in [0.15, 0.2) is 0 Å². The average molecular weight is 348 g/mol. The molecule has 0 fully saturated rings. The summed E-state index contributed by atoms with van der Waals surface area (Å²) in [6.07, 6.45) is 1.28. The largest absolute Gasteiger partial charge is 0.389 e. The van der Waals surface area contributed by atoms with Crippen molar-refractivity contribution in [2.45, 2.75) is 46.6 Å². The molecule has 5 nitrogen and oxygen atoms in total. The molecule has 2 N–H and O–H groups in total. The lowest BCUT2D eigenvalue weighted by molar-refractivity contribution is 0.0776. The van der Waals surface area contributed by atoms with Crippen LogP contribution in [0.25, 0.3) is 0 Å². The van der Waals surface area contributed by atoms with Crippen LogP contribution in [0.1, 0.15) is 61.2 Å². The molecule has 1 unspecified atom stereocenters. The summed E-state index contributed by atoms with van der Waals surface area (Å²) in [4.78, 5) is 18.7. The van der Waals surface area contributed by atoms with Crippen LogP contribution in [0.5, 0.6) is 0 Å². The number of aliphatic hydroxyl groups excluding tert-OH is 1. The van der Waals surface area contributed by atoms with E-state index in [1.54, 1.807) is 11.8 Å². The molecule has 25 heavy (non-hydrogen) atoms. The van der Waals surface area contributed by atoms with Gasteiger partial charge < -0.3 is 15.3 Å². The van der Waals surface area contributed by atoms with Crippen LogP contribution in [0.4, 0.5) is 5.69 Å². The van der Waals surface area contributed by atoms with Crippen LogP contribution in [0, 0.1) is 12.3 Å². The fourth-order valence-electron chi connectivity index (χ4n) is 2.83. The van der Waals surface area contributed by atoms with Crippen LogP contribution in [0.15, 0.2) is 17.1 Å². The Kier molecular flexibility index (Phi) is 7.77. The van der Waals surface area contributed by atoms with Crippen molar-refractivity contribution < 1.29 is 9.90 Å². The maximum Gasteiger partial charge on any atom is 0.255 e. The van der Waals surface area contributed by atoms with E-state index < -0.39 is 6.10 Å². The van der Waals surface area contributed by atoms with Gasteiger partial charge in [-0.25, -0.2) is 0 Å². The van der Waals surface area contributed by atoms with Crippen LogP contribution in [0.3, 0.4) is 0 Å². The minimum absolute atomic E-state index is 0.0857. The third kappa shape index (κ3) is 5.94. The minimum atomic E-state index is -0.697. The van der Waals surface area contributed by atoms with Crippen molar-refractivity contribution in [3.8, 4) is 0 Å². The number of benzene rings is 1. The highest BCUT2D eigenvalue weighted by Crippen LogP contribution is 2.32. The first-order valence-electron chi connectivity index (χ1n) is 8.82. The monoisotopic (exact) mass is 347 g/mol. The summed E-state index contributed by atoms with van der Waals surface area (Å²) >= 11 is 0. The van der Waals surface area contributed by atoms with Gasteiger partial charge in [-0.2, -0.15) is 0 Å². The van der Waals surface area contributed by atoms with Crippen molar-refractivity contribution in [1.82, 2.24) is 10.2 Å². The third-order valence-corrected chi connectivity index (χ3v) is 4.64. The van der Waals surface area contributed by atoms with Crippen molar-refractivity contribution in [3.63, 3.8) is 0 Å². The SMILES string of the molecule is C=Nc1c(C(=O)N(C)CCC(C)(C)CCNC)cc(C)cc1C(C)O. The van der Waals surface area contributed by atoms with Gasteiger partial charge in [-0.15, -0.1) is 0 Å². The Morgan fingerprint density at radius 1 is 1.40 bits per heavy atom. The fraction of sp³-hybridized carbons (Fsp3) is 0.600. The molecule has 0 aliphatic carbocycles. The van der Waals surface area contributed by atoms with E-state index in [0.717, 1.165) is 24.9 Å². The van der Waals surface area contributed by atoms with Gasteiger partial charge in [-0.05, 0) is 64.0 Å². The van der Waals surface area contributed by atoms with E-state index in [0.29, 0.717) is 23.4 Å². The van der Waals surface area contributed by atoms with Crippen LogP contribution >= 0.6 is 0 Å². The molecule has 0 radical (unpaired) electrons. The molecule has 1 rings (SSSR count). The van der Waals surface area contributed by atoms with Crippen LogP contribution < -0.4 is 5.32 Å². The lowest BCUT2D eigenvalue weighted by atomic mass is 9.85. The molecule has 0 spiro atoms. The standard InChI is InChI=1S/C20H33N3O2/c1-14-12-16(15(2)24)18(22-6)17(13-14)19(25)23(7)11-9-20(3,4)8-10-21-5/h12-13,15,21,24H,6,8-11H2,1-5,7H3. The van der Waals surface area contributed by atoms with Gasteiger partial charge in [-0.3, -0.25) is 9.79 Å². The van der Waals surface area contributed by atoms with Gasteiger partial charge in [0.05, 0.1) is 17.4 Å². The Labute approximate surface area is 152 Å². The number of hydrogen-bond acceptors (Lipinski definition) is 4. The molecule has 5 heteroatoms. The summed E-state index contributed by atoms with van der Waals surface area (Å²) < 4.78 is 0. The number of nitrogens with zero attached hydrogens (tertiary/aromatic N) is 2. The highest BCUT2D eigenvalue weighted by Gasteiger charge is 2.23. The predicted molar refractivity (Wildman–Crippen MR) is 105 cm³/mol. The first kappa shape index (κ1) is 21.3. The maximum absolute atomic E-state index is 12.9. The summed E-state index contributed by atoms with van der Waals surface area (Å²) in [6, 6.07) is 3.67. The number of aliphatic hydroxyl groups is 1. The Morgan fingerprint density at radius 3 is 2.56 bits per heavy atom. The van der Waals surface area contributed by atoms with Crippen molar-refractivity contribution in [1.29, 1.82) is 0 Å². The number of hydrogen-bond donors (Lipinski definition) is 2. The Hall–Kier alpha value is -1.72. The highest BCUT2D eigenvalue weighted by molar-refractivity contribution is 6.00. The molecule has 1 aromatic rings. The fourth-order valence-corrected chi connectivity index (χ4v) is 2.83. The zero-order chi connectivity index (χ0) is 19.2. The van der Waals surface area contributed by atoms with Gasteiger partial charge in [0.2, 0.25) is 0 Å². The third-order valence-electron chi connectivity index (χ3n) is 4.64. The number of carbonyl (C=O) groups is 1.